The van der Waals surface area contributed by atoms with Crippen molar-refractivity contribution in [3.05, 3.63) is 53.3 Å². The molecule has 1 atom stereocenters. The van der Waals surface area contributed by atoms with Crippen molar-refractivity contribution in [2.75, 3.05) is 19.6 Å². The normalized spacial score (nSPS) is 17.4. The lowest BCUT2D eigenvalue weighted by atomic mass is 10.1. The average Bonchev–Trinajstić information content (AvgIpc) is 3.29. The molecule has 130 valence electrons. The van der Waals surface area contributed by atoms with E-state index in [4.69, 9.17) is 0 Å². The smallest absolute Gasteiger partial charge is 0.271 e. The van der Waals surface area contributed by atoms with Crippen molar-refractivity contribution in [1.29, 1.82) is 5.26 Å². The van der Waals surface area contributed by atoms with Crippen LogP contribution in [0.25, 0.3) is 0 Å². The summed E-state index contributed by atoms with van der Waals surface area (Å²) < 4.78 is 1.75. The van der Waals surface area contributed by atoms with Gasteiger partial charge in [0, 0.05) is 32.4 Å². The Kier molecular flexibility index (Phi) is 5.46. The van der Waals surface area contributed by atoms with Gasteiger partial charge in [0.05, 0.1) is 11.6 Å². The molecule has 1 saturated heterocycles. The topological polar surface area (TPSA) is 74.0 Å². The number of hydrogen-bond donors (Lipinski definition) is 1. The van der Waals surface area contributed by atoms with E-state index in [1.54, 1.807) is 10.7 Å². The number of amides is 1. The van der Waals surface area contributed by atoms with Gasteiger partial charge in [0.25, 0.3) is 5.91 Å². The molecule has 0 saturated carbocycles. The van der Waals surface area contributed by atoms with Gasteiger partial charge in [-0.25, -0.2) is 0 Å². The number of aromatic nitrogens is 2. The van der Waals surface area contributed by atoms with Crippen LogP contribution < -0.4 is 5.32 Å². The van der Waals surface area contributed by atoms with Crippen molar-refractivity contribution in [3.63, 3.8) is 0 Å². The van der Waals surface area contributed by atoms with E-state index in [0.717, 1.165) is 43.7 Å². The molecule has 2 aromatic rings. The zero-order valence-corrected chi connectivity index (χ0v) is 14.5. The van der Waals surface area contributed by atoms with Gasteiger partial charge in [-0.15, -0.1) is 0 Å². The maximum Gasteiger partial charge on any atom is 0.271 e. The van der Waals surface area contributed by atoms with Gasteiger partial charge < -0.3 is 5.32 Å². The molecule has 1 N–H and O–H groups in total. The minimum absolute atomic E-state index is 0.111. The third-order valence-electron chi connectivity index (χ3n) is 4.65. The van der Waals surface area contributed by atoms with Gasteiger partial charge in [-0.05, 0) is 43.5 Å². The molecule has 6 heteroatoms. The first-order chi connectivity index (χ1) is 12.2. The molecule has 25 heavy (non-hydrogen) atoms. The lowest BCUT2D eigenvalue weighted by Crippen LogP contribution is -2.31. The van der Waals surface area contributed by atoms with Crippen LogP contribution in [0.1, 0.15) is 35.0 Å². The van der Waals surface area contributed by atoms with E-state index in [1.807, 2.05) is 37.4 Å². The molecule has 0 aliphatic carbocycles. The Bertz CT molecular complexity index is 776. The summed E-state index contributed by atoms with van der Waals surface area (Å²) in [5.41, 5.74) is 2.28. The number of likely N-dealkylation sites (tertiary alicyclic amines) is 1. The van der Waals surface area contributed by atoms with Crippen molar-refractivity contribution in [3.8, 4) is 6.07 Å². The van der Waals surface area contributed by atoms with Crippen molar-refractivity contribution in [2.45, 2.75) is 26.4 Å². The summed E-state index contributed by atoms with van der Waals surface area (Å²) >= 11 is 0. The largest absolute Gasteiger partial charge is 0.350 e. The molecule has 6 nitrogen and oxygen atoms in total. The van der Waals surface area contributed by atoms with Gasteiger partial charge >= 0.3 is 0 Å². The number of hydrogen-bond acceptors (Lipinski definition) is 4. The van der Waals surface area contributed by atoms with Crippen LogP contribution in [0.3, 0.4) is 0 Å². The van der Waals surface area contributed by atoms with Crippen LogP contribution in [0, 0.1) is 17.2 Å². The monoisotopic (exact) mass is 337 g/mol. The fourth-order valence-corrected chi connectivity index (χ4v) is 3.22. The van der Waals surface area contributed by atoms with Gasteiger partial charge in [0.2, 0.25) is 0 Å². The van der Waals surface area contributed by atoms with Crippen molar-refractivity contribution in [2.24, 2.45) is 5.92 Å². The van der Waals surface area contributed by atoms with Crippen LogP contribution in [0.2, 0.25) is 0 Å². The first-order valence-electron chi connectivity index (χ1n) is 8.71. The standard InChI is InChI=1S/C19H23N5O/c1-2-24-10-8-18(22-24)19(25)21-12-15-7-9-23(13-15)14-17-6-4-3-5-16(17)11-20/h3-6,8,10,15H,2,7,9,12-14H2,1H3,(H,21,25)/t15-/m0/s1. The number of nitriles is 1. The summed E-state index contributed by atoms with van der Waals surface area (Å²) in [7, 11) is 0. The van der Waals surface area contributed by atoms with Gasteiger partial charge in [-0.1, -0.05) is 18.2 Å². The van der Waals surface area contributed by atoms with Crippen LogP contribution in [-0.4, -0.2) is 40.2 Å². The first-order valence-corrected chi connectivity index (χ1v) is 8.71. The van der Waals surface area contributed by atoms with Gasteiger partial charge in [-0.3, -0.25) is 14.4 Å². The highest BCUT2D eigenvalue weighted by Crippen LogP contribution is 2.19. The first kappa shape index (κ1) is 17.2. The number of aryl methyl sites for hydroxylation is 1. The summed E-state index contributed by atoms with van der Waals surface area (Å²) in [6.07, 6.45) is 2.87. The predicted octanol–water partition coefficient (Wildman–Crippen LogP) is 2.03. The van der Waals surface area contributed by atoms with E-state index < -0.39 is 0 Å². The van der Waals surface area contributed by atoms with E-state index >= 15 is 0 Å². The molecule has 1 aliphatic rings. The Morgan fingerprint density at radius 2 is 2.24 bits per heavy atom. The third-order valence-corrected chi connectivity index (χ3v) is 4.65. The second-order valence-electron chi connectivity index (χ2n) is 6.43. The SMILES string of the molecule is CCn1ccc(C(=O)NC[C@@H]2CCN(Cc3ccccc3C#N)C2)n1. The van der Waals surface area contributed by atoms with Crippen LogP contribution in [0.4, 0.5) is 0 Å². The van der Waals surface area contributed by atoms with E-state index in [1.165, 1.54) is 0 Å². The average molecular weight is 337 g/mol. The minimum atomic E-state index is -0.111. The van der Waals surface area contributed by atoms with Gasteiger partial charge in [0.15, 0.2) is 0 Å². The molecule has 3 rings (SSSR count). The maximum atomic E-state index is 12.2. The number of nitrogens with one attached hydrogen (secondary N) is 1. The molecular weight excluding hydrogens is 314 g/mol. The van der Waals surface area contributed by atoms with Crippen LogP contribution in [0.5, 0.6) is 0 Å². The highest BCUT2D eigenvalue weighted by Gasteiger charge is 2.23. The number of nitrogens with zero attached hydrogens (tertiary/aromatic N) is 4. The number of benzene rings is 1. The summed E-state index contributed by atoms with van der Waals surface area (Å²) in [5.74, 6) is 0.326. The lowest BCUT2D eigenvalue weighted by molar-refractivity contribution is 0.0941. The van der Waals surface area contributed by atoms with Crippen molar-refractivity contribution < 1.29 is 4.79 Å². The Hall–Kier alpha value is -2.65. The molecule has 1 aliphatic heterocycles. The fraction of sp³-hybridized carbons (Fsp3) is 0.421. The summed E-state index contributed by atoms with van der Waals surface area (Å²) in [6, 6.07) is 11.7. The molecule has 1 fully saturated rings. The fourth-order valence-electron chi connectivity index (χ4n) is 3.22. The summed E-state index contributed by atoms with van der Waals surface area (Å²) in [5, 5.41) is 16.4. The van der Waals surface area contributed by atoms with Crippen molar-refractivity contribution >= 4 is 5.91 Å². The Balaban J connectivity index is 1.48. The number of carbonyl (C=O) groups is 1. The van der Waals surface area contributed by atoms with E-state index in [-0.39, 0.29) is 5.91 Å². The van der Waals surface area contributed by atoms with Crippen molar-refractivity contribution in [1.82, 2.24) is 20.0 Å². The maximum absolute atomic E-state index is 12.2. The second kappa shape index (κ2) is 7.95. The van der Waals surface area contributed by atoms with Crippen LogP contribution >= 0.6 is 0 Å². The minimum Gasteiger partial charge on any atom is -0.350 e. The number of carbonyl (C=O) groups excluding carboxylic acids is 1. The molecular formula is C19H23N5O. The summed E-state index contributed by atoms with van der Waals surface area (Å²) in [6.45, 7) is 6.12. The molecule has 0 bridgehead atoms. The molecule has 2 heterocycles. The highest BCUT2D eigenvalue weighted by atomic mass is 16.1. The lowest BCUT2D eigenvalue weighted by Gasteiger charge is -2.17. The quantitative estimate of drug-likeness (QED) is 0.875. The molecule has 1 aromatic carbocycles. The molecule has 1 aromatic heterocycles. The Labute approximate surface area is 148 Å². The van der Waals surface area contributed by atoms with E-state index in [2.05, 4.69) is 21.4 Å². The van der Waals surface area contributed by atoms with Gasteiger partial charge in [-0.2, -0.15) is 10.4 Å². The number of rotatable bonds is 6. The Morgan fingerprint density at radius 1 is 1.40 bits per heavy atom. The predicted molar refractivity (Wildman–Crippen MR) is 94.8 cm³/mol. The molecule has 1 amide bonds. The van der Waals surface area contributed by atoms with Crippen LogP contribution in [-0.2, 0) is 13.1 Å². The zero-order valence-electron chi connectivity index (χ0n) is 14.5. The third kappa shape index (κ3) is 4.25. The highest BCUT2D eigenvalue weighted by molar-refractivity contribution is 5.92. The van der Waals surface area contributed by atoms with Gasteiger partial charge in [0.1, 0.15) is 5.69 Å². The van der Waals surface area contributed by atoms with E-state index in [0.29, 0.717) is 18.2 Å². The van der Waals surface area contributed by atoms with Crippen LogP contribution in [0.15, 0.2) is 36.5 Å². The molecule has 0 radical (unpaired) electrons. The Morgan fingerprint density at radius 3 is 3.00 bits per heavy atom. The molecule has 0 unspecified atom stereocenters. The molecule has 0 spiro atoms. The second-order valence-corrected chi connectivity index (χ2v) is 6.43. The van der Waals surface area contributed by atoms with E-state index in [9.17, 15) is 10.1 Å². The summed E-state index contributed by atoms with van der Waals surface area (Å²) in [4.78, 5) is 14.5. The zero-order chi connectivity index (χ0) is 17.6.